The number of phenolic OH excluding ortho intramolecular Hbond substituents is 1. The number of aryl methyl sites for hydroxylation is 1. The summed E-state index contributed by atoms with van der Waals surface area (Å²) in [6.45, 7) is 3.58. The third kappa shape index (κ3) is 8.48. The Morgan fingerprint density at radius 2 is 1.73 bits per heavy atom. The number of aromatic hydroxyl groups is 1. The van der Waals surface area contributed by atoms with E-state index >= 15 is 4.79 Å². The molecule has 3 aliphatic heterocycles. The van der Waals surface area contributed by atoms with Gasteiger partial charge in [-0.2, -0.15) is 0 Å². The van der Waals surface area contributed by atoms with Gasteiger partial charge in [0.25, 0.3) is 0 Å². The molecule has 6 N–H and O–H groups in total. The molecule has 8 rings (SSSR count). The number of fused-ring (bicyclic) bond motifs is 9. The van der Waals surface area contributed by atoms with Crippen LogP contribution >= 0.6 is 0 Å². The number of ether oxygens (including phenoxy) is 2. The molecule has 11 heteroatoms. The Hall–Kier alpha value is -4.99. The van der Waals surface area contributed by atoms with Gasteiger partial charge in [-0.25, -0.2) is 4.79 Å². The molecular weight excluding hydrogens is 763 g/mol. The van der Waals surface area contributed by atoms with Gasteiger partial charge in [0.1, 0.15) is 29.0 Å². The molecule has 0 amide bonds. The van der Waals surface area contributed by atoms with Crippen molar-refractivity contribution in [3.8, 4) is 23.3 Å². The Labute approximate surface area is 350 Å². The molecule has 11 nitrogen and oxygen atoms in total. The van der Waals surface area contributed by atoms with Gasteiger partial charge in [-0.15, -0.1) is 0 Å². The average molecular weight is 818 g/mol. The monoisotopic (exact) mass is 817 g/mol. The number of ketones is 1. The van der Waals surface area contributed by atoms with Crippen LogP contribution in [0.2, 0.25) is 0 Å². The van der Waals surface area contributed by atoms with E-state index in [0.717, 1.165) is 16.7 Å². The van der Waals surface area contributed by atoms with Crippen LogP contribution in [0.3, 0.4) is 0 Å². The molecule has 8 atom stereocenters. The second-order valence-corrected chi connectivity index (χ2v) is 17.7. The maximum absolute atomic E-state index is 15.3. The summed E-state index contributed by atoms with van der Waals surface area (Å²) in [4.78, 5) is 41.9. The summed E-state index contributed by atoms with van der Waals surface area (Å²) in [5.41, 5.74) is 4.97. The standard InChI is InChI=1S/C49H55NO10/c1-3-12-49(58)37-9-11-42(53)35(17-37)14-28-4-5-30-8-10-39(44(55)21-34(30)13-28)41-19-31(33-15-29(26-51)16-38(18-33)50-25-27(2)52)6-7-32-23-47(56)59-45-24-43(54)36(20-40(32)45)22-46(49)60-48(41)57/h4-5,13,15-16,18,20,24,27,31-32,35,37,44,46,50-52,54-55,58H,3,8-12,14,17,19,21-23,25-26H2,1-2H3/t27-,31-,32+,35-,37+,44-,46+,49+/m0/s1. The van der Waals surface area contributed by atoms with Gasteiger partial charge in [0.2, 0.25) is 0 Å². The van der Waals surface area contributed by atoms with Gasteiger partial charge in [-0.05, 0) is 115 Å². The molecule has 9 bridgehead atoms. The van der Waals surface area contributed by atoms with Crippen molar-refractivity contribution in [3.63, 3.8) is 0 Å². The fraction of sp³-hybridized carbons (Fsp3) is 0.490. The first-order valence-electron chi connectivity index (χ1n) is 21.5. The van der Waals surface area contributed by atoms with Gasteiger partial charge in [-0.3, -0.25) is 9.59 Å². The number of rotatable bonds is 7. The number of Topliss-reactive ketones (excluding diaryl/α,β-unsaturated/α-hetero) is 1. The van der Waals surface area contributed by atoms with Crippen molar-refractivity contribution in [2.24, 2.45) is 11.8 Å². The minimum Gasteiger partial charge on any atom is -0.508 e. The van der Waals surface area contributed by atoms with Gasteiger partial charge >= 0.3 is 11.9 Å². The SMILES string of the molecule is CCC[C@@]1(O)[C@@H]2CCC(=O)[C@@H](Cc3ccc4c(c3)C[C@H](O)C(=C3C[C@@H](c5cc(CO)cc(NC[C@H](C)O)c5)C#C[C@@H]5CC(=O)Oc6cc(O)c(cc65)C[C@H]1OC3=O)CC4)C2. The number of hydrogen-bond donors (Lipinski definition) is 6. The third-order valence-electron chi connectivity index (χ3n) is 13.4. The first kappa shape index (κ1) is 41.7. The lowest BCUT2D eigenvalue weighted by molar-refractivity contribution is -0.176. The first-order chi connectivity index (χ1) is 28.8. The van der Waals surface area contributed by atoms with Gasteiger partial charge in [0.05, 0.1) is 31.2 Å². The number of nitrogens with one attached hydrogen (secondary N) is 1. The van der Waals surface area contributed by atoms with Crippen LogP contribution in [-0.4, -0.2) is 73.7 Å². The van der Waals surface area contributed by atoms with Crippen molar-refractivity contribution in [1.29, 1.82) is 0 Å². The number of benzene rings is 3. The van der Waals surface area contributed by atoms with Gasteiger partial charge < -0.3 is 40.3 Å². The molecule has 2 aliphatic carbocycles. The van der Waals surface area contributed by atoms with E-state index in [9.17, 15) is 35.1 Å². The van der Waals surface area contributed by atoms with Crippen LogP contribution < -0.4 is 10.1 Å². The number of phenols is 1. The highest BCUT2D eigenvalue weighted by molar-refractivity contribution is 5.90. The fourth-order valence-corrected chi connectivity index (χ4v) is 10.3. The van der Waals surface area contributed by atoms with Crippen LogP contribution in [0.5, 0.6) is 11.5 Å². The summed E-state index contributed by atoms with van der Waals surface area (Å²) in [7, 11) is 0. The molecule has 0 radical (unpaired) electrons. The van der Waals surface area contributed by atoms with Crippen molar-refractivity contribution < 1.29 is 49.4 Å². The first-order valence-corrected chi connectivity index (χ1v) is 21.5. The normalized spacial score (nSPS) is 28.1. The van der Waals surface area contributed by atoms with E-state index in [1.807, 2.05) is 19.1 Å². The molecule has 3 heterocycles. The van der Waals surface area contributed by atoms with Crippen LogP contribution in [-0.2, 0) is 51.4 Å². The summed E-state index contributed by atoms with van der Waals surface area (Å²) in [6, 6.07) is 14.8. The summed E-state index contributed by atoms with van der Waals surface area (Å²) in [6.07, 6.45) is 0.503. The van der Waals surface area contributed by atoms with Crippen LogP contribution in [0.15, 0.2) is 59.7 Å². The number of aliphatic hydroxyl groups excluding tert-OH is 3. The average Bonchev–Trinajstić information content (AvgIpc) is 3.37. The van der Waals surface area contributed by atoms with E-state index in [0.29, 0.717) is 72.0 Å². The van der Waals surface area contributed by atoms with E-state index in [-0.39, 0.29) is 80.4 Å². The Balaban J connectivity index is 1.37. The predicted molar refractivity (Wildman–Crippen MR) is 223 cm³/mol. The lowest BCUT2D eigenvalue weighted by atomic mass is 9.66. The summed E-state index contributed by atoms with van der Waals surface area (Å²) >= 11 is 0. The zero-order valence-corrected chi connectivity index (χ0v) is 34.3. The molecule has 5 aliphatic rings. The summed E-state index contributed by atoms with van der Waals surface area (Å²) < 4.78 is 12.3. The maximum atomic E-state index is 15.3. The number of anilines is 1. The predicted octanol–water partition coefficient (Wildman–Crippen LogP) is 5.63. The van der Waals surface area contributed by atoms with Gasteiger partial charge in [0.15, 0.2) is 0 Å². The molecule has 3 aromatic rings. The second-order valence-electron chi connectivity index (χ2n) is 17.7. The lowest BCUT2D eigenvalue weighted by Crippen LogP contribution is -2.54. The summed E-state index contributed by atoms with van der Waals surface area (Å²) in [5, 5.41) is 60.5. The smallest absolute Gasteiger partial charge is 0.334 e. The van der Waals surface area contributed by atoms with Crippen molar-refractivity contribution in [3.05, 3.63) is 98.6 Å². The largest absolute Gasteiger partial charge is 0.508 e. The Kier molecular flexibility index (Phi) is 11.9. The molecule has 0 saturated heterocycles. The van der Waals surface area contributed by atoms with E-state index in [1.54, 1.807) is 19.1 Å². The Bertz CT molecular complexity index is 2280. The van der Waals surface area contributed by atoms with E-state index in [2.05, 4.69) is 35.4 Å². The second kappa shape index (κ2) is 17.2. The molecule has 3 aromatic carbocycles. The number of hydrogen-bond acceptors (Lipinski definition) is 11. The van der Waals surface area contributed by atoms with Crippen LogP contribution in [0.25, 0.3) is 0 Å². The molecule has 316 valence electrons. The van der Waals surface area contributed by atoms with Gasteiger partial charge in [0, 0.05) is 60.5 Å². The topological polar surface area (TPSA) is 183 Å². The van der Waals surface area contributed by atoms with E-state index in [4.69, 9.17) is 9.47 Å². The van der Waals surface area contributed by atoms with Crippen molar-refractivity contribution in [2.75, 3.05) is 11.9 Å². The number of aliphatic hydroxyl groups is 4. The lowest BCUT2D eigenvalue weighted by Gasteiger charge is -2.45. The number of carbonyl (C=O) groups is 3. The molecule has 0 unspecified atom stereocenters. The molecule has 1 fully saturated rings. The quantitative estimate of drug-likeness (QED) is 0.0988. The van der Waals surface area contributed by atoms with Crippen LogP contribution in [0.1, 0.15) is 116 Å². The van der Waals surface area contributed by atoms with Crippen molar-refractivity contribution in [2.45, 2.75) is 133 Å². The Morgan fingerprint density at radius 1 is 0.917 bits per heavy atom. The van der Waals surface area contributed by atoms with E-state index in [1.165, 1.54) is 6.07 Å². The third-order valence-corrected chi connectivity index (χ3v) is 13.4. The Morgan fingerprint density at radius 3 is 2.52 bits per heavy atom. The van der Waals surface area contributed by atoms with Crippen LogP contribution in [0.4, 0.5) is 5.69 Å². The number of carbonyl (C=O) groups excluding carboxylic acids is 3. The fourth-order valence-electron chi connectivity index (χ4n) is 10.3. The molecule has 60 heavy (non-hydrogen) atoms. The minimum atomic E-state index is -1.61. The summed E-state index contributed by atoms with van der Waals surface area (Å²) in [5.74, 6) is 3.52. The van der Waals surface area contributed by atoms with Crippen LogP contribution in [0, 0.1) is 23.7 Å². The highest BCUT2D eigenvalue weighted by Gasteiger charge is 2.49. The highest BCUT2D eigenvalue weighted by Crippen LogP contribution is 2.46. The number of esters is 2. The van der Waals surface area contributed by atoms with Crippen molar-refractivity contribution in [1.82, 2.24) is 0 Å². The zero-order valence-electron chi connectivity index (χ0n) is 34.3. The molecule has 0 spiro atoms. The van der Waals surface area contributed by atoms with Gasteiger partial charge in [-0.1, -0.05) is 49.5 Å². The van der Waals surface area contributed by atoms with Crippen molar-refractivity contribution >= 4 is 23.4 Å². The molecule has 1 saturated carbocycles. The van der Waals surface area contributed by atoms with E-state index < -0.39 is 53.6 Å². The molecular formula is C49H55NO10. The zero-order chi connectivity index (χ0) is 42.3. The molecule has 0 aromatic heterocycles. The minimum absolute atomic E-state index is 0.00364. The maximum Gasteiger partial charge on any atom is 0.334 e. The highest BCUT2D eigenvalue weighted by atomic mass is 16.6.